The lowest BCUT2D eigenvalue weighted by molar-refractivity contribution is -0.0964. The van der Waals surface area contributed by atoms with Gasteiger partial charge in [-0.25, -0.2) is 4.98 Å². The summed E-state index contributed by atoms with van der Waals surface area (Å²) in [6, 6.07) is 10.6. The van der Waals surface area contributed by atoms with Gasteiger partial charge in [-0.1, -0.05) is 0 Å². The number of benzene rings is 2. The van der Waals surface area contributed by atoms with E-state index in [2.05, 4.69) is 19.6 Å². The molecule has 1 atom stereocenters. The third kappa shape index (κ3) is 4.68. The molecule has 2 aliphatic rings. The number of aromatic nitrogens is 3. The van der Waals surface area contributed by atoms with Crippen LogP contribution in [0.2, 0.25) is 0 Å². The lowest BCUT2D eigenvalue weighted by Gasteiger charge is -2.23. The first-order chi connectivity index (χ1) is 18.6. The molecule has 0 saturated heterocycles. The molecule has 0 unspecified atom stereocenters. The summed E-state index contributed by atoms with van der Waals surface area (Å²) in [5, 5.41) is 2.77. The third-order valence-corrected chi connectivity index (χ3v) is 6.82. The van der Waals surface area contributed by atoms with Gasteiger partial charge >= 0.3 is 5.57 Å². The molecule has 4 aromatic rings. The molecule has 6 rings (SSSR count). The molecule has 4 heterocycles. The van der Waals surface area contributed by atoms with Crippen LogP contribution in [0.1, 0.15) is 45.2 Å². The molecule has 1 N–H and O–H groups in total. The highest BCUT2D eigenvalue weighted by Gasteiger charge is 2.29. The largest absolute Gasteiger partial charge is 0.487 e. The van der Waals surface area contributed by atoms with Crippen molar-refractivity contribution in [2.24, 2.45) is 0 Å². The van der Waals surface area contributed by atoms with Gasteiger partial charge in [-0.3, -0.25) is 14.6 Å². The van der Waals surface area contributed by atoms with Gasteiger partial charge in [-0.2, -0.15) is 0 Å². The number of alkyl halides is 3. The van der Waals surface area contributed by atoms with Gasteiger partial charge in [-0.05, 0) is 49.4 Å². The van der Waals surface area contributed by atoms with Crippen LogP contribution in [0.15, 0.2) is 48.7 Å². The van der Waals surface area contributed by atoms with Crippen LogP contribution in [0.25, 0.3) is 22.2 Å². The van der Waals surface area contributed by atoms with E-state index in [0.29, 0.717) is 58.9 Å². The monoisotopic (exact) mass is 553 g/mol. The molecule has 0 fully saturated rings. The van der Waals surface area contributed by atoms with E-state index < -0.39 is 11.5 Å². The summed E-state index contributed by atoms with van der Waals surface area (Å²) >= 11 is 4.81. The van der Waals surface area contributed by atoms with Crippen molar-refractivity contribution in [1.29, 1.82) is 0 Å². The number of ether oxygens (including phenoxy) is 2. The maximum Gasteiger partial charge on any atom is 0.487 e. The van der Waals surface area contributed by atoms with E-state index in [1.54, 1.807) is 36.3 Å². The normalized spacial score (nSPS) is 16.8. The van der Waals surface area contributed by atoms with Crippen molar-refractivity contribution in [2.45, 2.75) is 31.7 Å². The van der Waals surface area contributed by atoms with Gasteiger partial charge in [0.1, 0.15) is 18.2 Å². The maximum atomic E-state index is 13.3. The number of imidazole rings is 1. The van der Waals surface area contributed by atoms with Gasteiger partial charge in [0.05, 0.1) is 41.5 Å². The van der Waals surface area contributed by atoms with E-state index in [0.717, 1.165) is 11.3 Å². The average Bonchev–Trinajstić information content (AvgIpc) is 3.41. The number of hydrogen-bond donors (Lipinski definition) is 1. The Morgan fingerprint density at radius 2 is 1.97 bits per heavy atom. The minimum absolute atomic E-state index is 0.00780. The Hall–Kier alpha value is -4.09. The summed E-state index contributed by atoms with van der Waals surface area (Å²) in [4.78, 5) is 36.9. The van der Waals surface area contributed by atoms with E-state index in [4.69, 9.17) is 21.3 Å². The molecule has 0 saturated carbocycles. The second-order valence-corrected chi connectivity index (χ2v) is 10.00. The van der Waals surface area contributed by atoms with Crippen LogP contribution < -0.4 is 10.1 Å². The molecule has 39 heavy (non-hydrogen) atoms. The Morgan fingerprint density at radius 1 is 1.21 bits per heavy atom. The minimum Gasteiger partial charge on any atom is -0.420 e. The number of anilines is 1. The van der Waals surface area contributed by atoms with E-state index in [-0.39, 0.29) is 17.7 Å². The molecule has 0 aliphatic carbocycles. The number of carbonyl (C=O) groups is 2. The van der Waals surface area contributed by atoms with Crippen molar-refractivity contribution in [3.8, 4) is 16.9 Å². The molecule has 200 valence electrons. The zero-order chi connectivity index (χ0) is 27.5. The minimum atomic E-state index is -3.84. The molecular formula is C27H22ClF2N5O4. The highest BCUT2D eigenvalue weighted by Crippen LogP contribution is 2.36. The van der Waals surface area contributed by atoms with Crippen LogP contribution in [0, 0.1) is 0 Å². The summed E-state index contributed by atoms with van der Waals surface area (Å²) in [5.74, 6) is 0.0377. The molecule has 2 aromatic carbocycles. The second kappa shape index (κ2) is 9.28. The summed E-state index contributed by atoms with van der Waals surface area (Å²) in [6.45, 7) is 3.32. The Morgan fingerprint density at radius 3 is 2.72 bits per heavy atom. The molecular weight excluding hydrogens is 532 g/mol. The summed E-state index contributed by atoms with van der Waals surface area (Å²) in [6.07, 6.45) is 1.71. The molecule has 2 amide bonds. The summed E-state index contributed by atoms with van der Waals surface area (Å²) in [7, 11) is 1.72. The first-order valence-corrected chi connectivity index (χ1v) is 12.5. The van der Waals surface area contributed by atoms with Crippen LogP contribution in [-0.4, -0.2) is 50.5 Å². The smallest absolute Gasteiger partial charge is 0.420 e. The Balaban J connectivity index is 1.41. The number of pyridine rings is 1. The Bertz CT molecular complexity index is 1630. The number of halogens is 3. The van der Waals surface area contributed by atoms with Crippen molar-refractivity contribution in [3.63, 3.8) is 0 Å². The molecule has 12 heteroatoms. The van der Waals surface area contributed by atoms with Crippen molar-refractivity contribution in [1.82, 2.24) is 19.4 Å². The fourth-order valence-electron chi connectivity index (χ4n) is 5.00. The van der Waals surface area contributed by atoms with Crippen molar-refractivity contribution < 1.29 is 27.8 Å². The number of hydrogen-bond acceptors (Lipinski definition) is 6. The van der Waals surface area contributed by atoms with E-state index in [1.165, 1.54) is 24.3 Å². The highest BCUT2D eigenvalue weighted by molar-refractivity contribution is 6.20. The van der Waals surface area contributed by atoms with Crippen LogP contribution in [-0.2, 0) is 17.9 Å². The van der Waals surface area contributed by atoms with E-state index in [1.807, 2.05) is 6.92 Å². The predicted molar refractivity (Wildman–Crippen MR) is 139 cm³/mol. The van der Waals surface area contributed by atoms with E-state index in [9.17, 15) is 18.4 Å². The van der Waals surface area contributed by atoms with Crippen LogP contribution >= 0.6 is 11.6 Å². The van der Waals surface area contributed by atoms with E-state index >= 15 is 0 Å². The third-order valence-electron chi connectivity index (χ3n) is 6.74. The number of nitrogens with one attached hydrogen (secondary N) is 1. The Kier molecular flexibility index (Phi) is 6.00. The lowest BCUT2D eigenvalue weighted by atomic mass is 9.99. The van der Waals surface area contributed by atoms with Gasteiger partial charge in [0.2, 0.25) is 0 Å². The molecule has 0 bridgehead atoms. The zero-order valence-electron chi connectivity index (χ0n) is 20.9. The van der Waals surface area contributed by atoms with Gasteiger partial charge in [0.15, 0.2) is 0 Å². The fraction of sp³-hybridized carbons (Fsp3) is 0.259. The second-order valence-electron chi connectivity index (χ2n) is 9.56. The average molecular weight is 554 g/mol. The molecule has 2 aliphatic heterocycles. The summed E-state index contributed by atoms with van der Waals surface area (Å²) in [5.41, 5.74) is 0.880. The SMILES string of the molecule is C[C@@H]1COCc2nc3cc(C(=O)Nc4ccc(OC(F)(F)Cl)cc4)cc(-c4cnc5c(c4)C(=O)N(C)C5)c3n21. The van der Waals surface area contributed by atoms with Gasteiger partial charge in [-0.15, -0.1) is 8.78 Å². The zero-order valence-corrected chi connectivity index (χ0v) is 21.6. The fourth-order valence-corrected chi connectivity index (χ4v) is 5.09. The lowest BCUT2D eigenvalue weighted by Crippen LogP contribution is -2.21. The van der Waals surface area contributed by atoms with Crippen molar-refractivity contribution in [2.75, 3.05) is 19.0 Å². The van der Waals surface area contributed by atoms with Crippen molar-refractivity contribution in [3.05, 3.63) is 71.3 Å². The standard InChI is InChI=1S/C27H22ClF2N5O4/c1-14-12-38-13-23-33-21-9-15(25(36)32-17-3-5-18(6-4-17)39-27(28,29)30)7-19(24(21)35(14)23)16-8-20-22(31-10-16)11-34(2)26(20)37/h3-10,14H,11-13H2,1-2H3,(H,32,36)/t14-/m1/s1. The quantitative estimate of drug-likeness (QED) is 0.341. The van der Waals surface area contributed by atoms with Gasteiger partial charge in [0.25, 0.3) is 11.8 Å². The number of nitrogens with zero attached hydrogens (tertiary/aromatic N) is 4. The molecule has 9 nitrogen and oxygen atoms in total. The number of rotatable bonds is 5. The predicted octanol–water partition coefficient (Wildman–Crippen LogP) is 5.20. The van der Waals surface area contributed by atoms with Crippen LogP contribution in [0.4, 0.5) is 14.5 Å². The topological polar surface area (TPSA) is 98.6 Å². The van der Waals surface area contributed by atoms with Crippen molar-refractivity contribution >= 4 is 40.1 Å². The molecule has 0 radical (unpaired) electrons. The van der Waals surface area contributed by atoms with Crippen LogP contribution in [0.3, 0.4) is 0 Å². The number of amides is 2. The number of carbonyl (C=O) groups excluding carboxylic acids is 2. The Labute approximate surface area is 226 Å². The van der Waals surface area contributed by atoms with Gasteiger partial charge in [0, 0.05) is 47.2 Å². The molecule has 0 spiro atoms. The first-order valence-electron chi connectivity index (χ1n) is 12.1. The van der Waals surface area contributed by atoms with Crippen LogP contribution in [0.5, 0.6) is 5.75 Å². The molecule has 2 aromatic heterocycles. The first kappa shape index (κ1) is 25.2. The maximum absolute atomic E-state index is 13.3. The number of fused-ring (bicyclic) bond motifs is 4. The van der Waals surface area contributed by atoms with Gasteiger partial charge < -0.3 is 24.3 Å². The highest BCUT2D eigenvalue weighted by atomic mass is 35.5. The summed E-state index contributed by atoms with van der Waals surface area (Å²) < 4.78 is 37.9.